The number of hydrogen-bond donors (Lipinski definition) is 1. The summed E-state index contributed by atoms with van der Waals surface area (Å²) in [5.74, 6) is 0.376. The first-order chi connectivity index (χ1) is 13.1. The SMILES string of the molecule is COc1cccc(-c2ccc(=O)n(CC(=O)Nc3nc4c(s3)CCC4)n2)c1. The van der Waals surface area contributed by atoms with Gasteiger partial charge in [0.15, 0.2) is 5.13 Å². The molecule has 0 bridgehead atoms. The Morgan fingerprint density at radius 1 is 1.30 bits per heavy atom. The van der Waals surface area contributed by atoms with Gasteiger partial charge in [-0.3, -0.25) is 9.59 Å². The zero-order valence-corrected chi connectivity index (χ0v) is 15.6. The van der Waals surface area contributed by atoms with E-state index in [1.807, 2.05) is 24.3 Å². The number of nitrogens with one attached hydrogen (secondary N) is 1. The third-order valence-electron chi connectivity index (χ3n) is 4.37. The number of methoxy groups -OCH3 is 1. The fourth-order valence-corrected chi connectivity index (χ4v) is 4.10. The summed E-state index contributed by atoms with van der Waals surface area (Å²) in [6.07, 6.45) is 3.11. The molecule has 0 aliphatic heterocycles. The number of aromatic nitrogens is 3. The number of hydrogen-bond acceptors (Lipinski definition) is 6. The number of nitrogens with zero attached hydrogens (tertiary/aromatic N) is 3. The average molecular weight is 382 g/mol. The molecule has 1 aliphatic carbocycles. The van der Waals surface area contributed by atoms with Gasteiger partial charge in [-0.1, -0.05) is 12.1 Å². The Hall–Kier alpha value is -3.00. The van der Waals surface area contributed by atoms with Crippen LogP contribution in [0.3, 0.4) is 0 Å². The van der Waals surface area contributed by atoms with E-state index in [9.17, 15) is 9.59 Å². The van der Waals surface area contributed by atoms with E-state index in [4.69, 9.17) is 4.74 Å². The predicted molar refractivity (Wildman–Crippen MR) is 103 cm³/mol. The second-order valence-corrected chi connectivity index (χ2v) is 7.32. The maximum Gasteiger partial charge on any atom is 0.267 e. The third kappa shape index (κ3) is 3.75. The molecule has 1 aliphatic rings. The monoisotopic (exact) mass is 382 g/mol. The molecule has 0 radical (unpaired) electrons. The zero-order valence-electron chi connectivity index (χ0n) is 14.8. The first-order valence-electron chi connectivity index (χ1n) is 8.63. The highest BCUT2D eigenvalue weighted by Gasteiger charge is 2.18. The number of rotatable bonds is 5. The van der Waals surface area contributed by atoms with Gasteiger partial charge in [0.25, 0.3) is 5.56 Å². The summed E-state index contributed by atoms with van der Waals surface area (Å²) in [7, 11) is 1.59. The van der Waals surface area contributed by atoms with Crippen LogP contribution < -0.4 is 15.6 Å². The fourth-order valence-electron chi connectivity index (χ4n) is 3.04. The van der Waals surface area contributed by atoms with Crippen LogP contribution in [0.25, 0.3) is 11.3 Å². The molecule has 1 amide bonds. The van der Waals surface area contributed by atoms with Gasteiger partial charge in [0, 0.05) is 16.5 Å². The molecule has 4 rings (SSSR count). The van der Waals surface area contributed by atoms with Crippen molar-refractivity contribution >= 4 is 22.4 Å². The van der Waals surface area contributed by atoms with Crippen LogP contribution in [0.1, 0.15) is 17.0 Å². The van der Waals surface area contributed by atoms with Crippen molar-refractivity contribution in [2.45, 2.75) is 25.8 Å². The molecule has 7 nitrogen and oxygen atoms in total. The lowest BCUT2D eigenvalue weighted by Gasteiger charge is -2.08. The topological polar surface area (TPSA) is 86.1 Å². The van der Waals surface area contributed by atoms with Crippen LogP contribution in [0.5, 0.6) is 5.75 Å². The first kappa shape index (κ1) is 17.4. The van der Waals surface area contributed by atoms with Gasteiger partial charge in [-0.05, 0) is 37.5 Å². The molecule has 1 aromatic carbocycles. The fraction of sp³-hybridized carbons (Fsp3) is 0.263. The van der Waals surface area contributed by atoms with Crippen molar-refractivity contribution in [3.05, 3.63) is 57.3 Å². The van der Waals surface area contributed by atoms with Gasteiger partial charge >= 0.3 is 0 Å². The van der Waals surface area contributed by atoms with Crippen LogP contribution in [0.2, 0.25) is 0 Å². The summed E-state index contributed by atoms with van der Waals surface area (Å²) in [6.45, 7) is -0.166. The Balaban J connectivity index is 1.52. The number of thiazole rings is 1. The number of benzene rings is 1. The minimum Gasteiger partial charge on any atom is -0.497 e. The van der Waals surface area contributed by atoms with Crippen LogP contribution >= 0.6 is 11.3 Å². The third-order valence-corrected chi connectivity index (χ3v) is 5.44. The number of carbonyl (C=O) groups excluding carboxylic acids is 1. The molecular weight excluding hydrogens is 364 g/mol. The second kappa shape index (κ2) is 7.32. The number of aryl methyl sites for hydroxylation is 2. The molecule has 0 spiro atoms. The number of anilines is 1. The van der Waals surface area contributed by atoms with Gasteiger partial charge in [-0.2, -0.15) is 5.10 Å². The molecule has 2 heterocycles. The van der Waals surface area contributed by atoms with Crippen molar-refractivity contribution in [1.29, 1.82) is 0 Å². The van der Waals surface area contributed by atoms with E-state index in [0.717, 1.165) is 35.2 Å². The quantitative estimate of drug-likeness (QED) is 0.733. The molecule has 2 aromatic heterocycles. The molecule has 8 heteroatoms. The summed E-state index contributed by atoms with van der Waals surface area (Å²) in [4.78, 5) is 30.1. The number of fused-ring (bicyclic) bond motifs is 1. The molecule has 138 valence electrons. The standard InChI is InChI=1S/C19H18N4O3S/c1-26-13-5-2-4-12(10-13)14-8-9-18(25)23(22-14)11-17(24)21-19-20-15-6-3-7-16(15)27-19/h2,4-5,8-10H,3,6-7,11H2,1H3,(H,20,21,24). The van der Waals surface area contributed by atoms with Crippen LogP contribution in [-0.2, 0) is 24.2 Å². The summed E-state index contributed by atoms with van der Waals surface area (Å²) in [6, 6.07) is 10.4. The molecule has 0 unspecified atom stereocenters. The van der Waals surface area contributed by atoms with Gasteiger partial charge in [0.1, 0.15) is 12.3 Å². The number of amides is 1. The van der Waals surface area contributed by atoms with Crippen molar-refractivity contribution in [1.82, 2.24) is 14.8 Å². The Morgan fingerprint density at radius 2 is 2.19 bits per heavy atom. The maximum atomic E-state index is 12.3. The lowest BCUT2D eigenvalue weighted by atomic mass is 10.1. The van der Waals surface area contributed by atoms with Crippen molar-refractivity contribution in [2.24, 2.45) is 0 Å². The summed E-state index contributed by atoms with van der Waals surface area (Å²) < 4.78 is 6.38. The Bertz CT molecular complexity index is 1040. The summed E-state index contributed by atoms with van der Waals surface area (Å²) in [5, 5.41) is 7.68. The van der Waals surface area contributed by atoms with Crippen molar-refractivity contribution in [3.8, 4) is 17.0 Å². The molecule has 0 fully saturated rings. The smallest absolute Gasteiger partial charge is 0.267 e. The number of carbonyl (C=O) groups is 1. The molecule has 0 atom stereocenters. The molecule has 27 heavy (non-hydrogen) atoms. The Labute approximate surface area is 159 Å². The minimum absolute atomic E-state index is 0.166. The lowest BCUT2D eigenvalue weighted by Crippen LogP contribution is -2.29. The van der Waals surface area contributed by atoms with Crippen molar-refractivity contribution in [2.75, 3.05) is 12.4 Å². The number of ether oxygens (including phenoxy) is 1. The zero-order chi connectivity index (χ0) is 18.8. The largest absolute Gasteiger partial charge is 0.497 e. The van der Waals surface area contributed by atoms with E-state index in [-0.39, 0.29) is 18.0 Å². The van der Waals surface area contributed by atoms with E-state index in [2.05, 4.69) is 15.4 Å². The normalized spacial score (nSPS) is 12.6. The van der Waals surface area contributed by atoms with E-state index in [1.165, 1.54) is 22.3 Å². The average Bonchev–Trinajstić information content (AvgIpc) is 3.25. The van der Waals surface area contributed by atoms with Gasteiger partial charge in [-0.15, -0.1) is 11.3 Å². The molecule has 1 N–H and O–H groups in total. The lowest BCUT2D eigenvalue weighted by molar-refractivity contribution is -0.117. The van der Waals surface area contributed by atoms with Crippen LogP contribution in [0.15, 0.2) is 41.2 Å². The van der Waals surface area contributed by atoms with Gasteiger partial charge in [0.05, 0.1) is 18.5 Å². The van der Waals surface area contributed by atoms with E-state index >= 15 is 0 Å². The maximum absolute atomic E-state index is 12.3. The van der Waals surface area contributed by atoms with Gasteiger partial charge in [0.2, 0.25) is 5.91 Å². The molecule has 0 saturated heterocycles. The Kier molecular flexibility index (Phi) is 4.72. The minimum atomic E-state index is -0.335. The van der Waals surface area contributed by atoms with Crippen molar-refractivity contribution in [3.63, 3.8) is 0 Å². The van der Waals surface area contributed by atoms with Crippen LogP contribution in [0, 0.1) is 0 Å². The summed E-state index contributed by atoms with van der Waals surface area (Å²) >= 11 is 1.50. The van der Waals surface area contributed by atoms with E-state index in [0.29, 0.717) is 16.6 Å². The first-order valence-corrected chi connectivity index (χ1v) is 9.45. The highest BCUT2D eigenvalue weighted by molar-refractivity contribution is 7.15. The van der Waals surface area contributed by atoms with Crippen molar-refractivity contribution < 1.29 is 9.53 Å². The molecule has 0 saturated carbocycles. The van der Waals surface area contributed by atoms with Gasteiger partial charge < -0.3 is 10.1 Å². The summed E-state index contributed by atoms with van der Waals surface area (Å²) in [5.41, 5.74) is 2.14. The highest BCUT2D eigenvalue weighted by atomic mass is 32.1. The predicted octanol–water partition coefficient (Wildman–Crippen LogP) is 2.50. The van der Waals surface area contributed by atoms with Crippen LogP contribution in [-0.4, -0.2) is 27.8 Å². The van der Waals surface area contributed by atoms with E-state index < -0.39 is 0 Å². The molecule has 3 aromatic rings. The van der Waals surface area contributed by atoms with Crippen LogP contribution in [0.4, 0.5) is 5.13 Å². The van der Waals surface area contributed by atoms with Gasteiger partial charge in [-0.25, -0.2) is 9.67 Å². The highest BCUT2D eigenvalue weighted by Crippen LogP contribution is 2.30. The second-order valence-electron chi connectivity index (χ2n) is 6.24. The molecular formula is C19H18N4O3S. The van der Waals surface area contributed by atoms with E-state index in [1.54, 1.807) is 13.2 Å². The Morgan fingerprint density at radius 3 is 3.00 bits per heavy atom.